The molecule has 0 saturated carbocycles. The quantitative estimate of drug-likeness (QED) is 0.460. The van der Waals surface area contributed by atoms with Crippen LogP contribution in [-0.2, 0) is 14.2 Å². The van der Waals surface area contributed by atoms with Gasteiger partial charge in [-0.3, -0.25) is 0 Å². The van der Waals surface area contributed by atoms with E-state index in [1.54, 1.807) is 0 Å². The van der Waals surface area contributed by atoms with Gasteiger partial charge >= 0.3 is 14.1 Å². The summed E-state index contributed by atoms with van der Waals surface area (Å²) >= 11 is 30.2. The lowest BCUT2D eigenvalue weighted by atomic mass is 10.5. The Balaban J connectivity index is 0.000000388. The Kier molecular flexibility index (Phi) is 9.49. The van der Waals surface area contributed by atoms with Gasteiger partial charge in [0, 0.05) is 13.1 Å². The van der Waals surface area contributed by atoms with E-state index in [9.17, 15) is 4.79 Å². The third-order valence-corrected chi connectivity index (χ3v) is 2.10. The first-order valence-corrected chi connectivity index (χ1v) is 7.08. The lowest BCUT2D eigenvalue weighted by Gasteiger charge is -2.21. The van der Waals surface area contributed by atoms with Gasteiger partial charge in [0.15, 0.2) is 0 Å². The molecule has 19 heavy (non-hydrogen) atoms. The summed E-state index contributed by atoms with van der Waals surface area (Å²) in [7, 11) is 2.11. The maximum absolute atomic E-state index is 10.5. The molecule has 0 aromatic rings. The van der Waals surface area contributed by atoms with Gasteiger partial charge in [-0.05, 0) is 76.7 Å². The minimum absolute atomic E-state index is 0.913. The summed E-state index contributed by atoms with van der Waals surface area (Å²) in [5.74, 6) is 0. The Morgan fingerprint density at radius 2 is 1.37 bits per heavy atom. The molecular formula is C8H11Cl6NO4. The fourth-order valence-electron chi connectivity index (χ4n) is 0.864. The summed E-state index contributed by atoms with van der Waals surface area (Å²) in [5, 5.41) is 0. The molecule has 5 nitrogen and oxygen atoms in total. The molecule has 1 fully saturated rings. The molecule has 1 aliphatic rings. The van der Waals surface area contributed by atoms with Crippen LogP contribution in [0.1, 0.15) is 0 Å². The molecule has 0 spiro atoms. The number of ether oxygens (including phenoxy) is 3. The number of rotatable bonds is 0. The van der Waals surface area contributed by atoms with Crippen LogP contribution < -0.4 is 0 Å². The van der Waals surface area contributed by atoms with Crippen molar-refractivity contribution in [2.24, 2.45) is 0 Å². The minimum Gasteiger partial charge on any atom is -0.382 e. The van der Waals surface area contributed by atoms with Crippen LogP contribution in [0, 0.1) is 0 Å². The standard InChI is InChI=1S/C5H11NO.C3Cl6O3/c1-6-2-4-7-5-3-6;4-2(5,6)11-1(10)12-3(7,8)9/h2-5H2,1H3;. The molecule has 1 aliphatic heterocycles. The normalized spacial score (nSPS) is 17.2. The van der Waals surface area contributed by atoms with E-state index in [4.69, 9.17) is 74.3 Å². The van der Waals surface area contributed by atoms with Gasteiger partial charge in [-0.2, -0.15) is 0 Å². The molecule has 0 aromatic carbocycles. The van der Waals surface area contributed by atoms with Crippen molar-refractivity contribution in [3.05, 3.63) is 0 Å². The first-order valence-electron chi connectivity index (χ1n) is 4.81. The zero-order valence-corrected chi connectivity index (χ0v) is 14.2. The average molecular weight is 398 g/mol. The van der Waals surface area contributed by atoms with Crippen LogP contribution in [0.5, 0.6) is 0 Å². The molecule has 1 saturated heterocycles. The van der Waals surface area contributed by atoms with Gasteiger partial charge in [-0.25, -0.2) is 4.79 Å². The van der Waals surface area contributed by atoms with Crippen molar-refractivity contribution in [1.29, 1.82) is 0 Å². The van der Waals surface area contributed by atoms with Crippen molar-refractivity contribution in [3.63, 3.8) is 0 Å². The van der Waals surface area contributed by atoms with Gasteiger partial charge in [0.25, 0.3) is 0 Å². The molecule has 0 amide bonds. The minimum atomic E-state index is -2.24. The molecule has 0 aromatic heterocycles. The summed E-state index contributed by atoms with van der Waals surface area (Å²) in [6.07, 6.45) is -1.41. The SMILES string of the molecule is CN1CCOCC1.O=C(OC(Cl)(Cl)Cl)OC(Cl)(Cl)Cl. The number of morpholine rings is 1. The molecule has 0 aliphatic carbocycles. The van der Waals surface area contributed by atoms with E-state index in [1.807, 2.05) is 0 Å². The van der Waals surface area contributed by atoms with Crippen molar-refractivity contribution in [1.82, 2.24) is 4.90 Å². The van der Waals surface area contributed by atoms with Gasteiger partial charge in [0.05, 0.1) is 13.2 Å². The van der Waals surface area contributed by atoms with E-state index in [0.717, 1.165) is 26.3 Å². The van der Waals surface area contributed by atoms with Crippen LogP contribution in [0.25, 0.3) is 0 Å². The maximum atomic E-state index is 10.5. The Bertz CT molecular complexity index is 255. The van der Waals surface area contributed by atoms with E-state index in [2.05, 4.69) is 21.4 Å². The first kappa shape index (κ1) is 19.9. The summed E-state index contributed by atoms with van der Waals surface area (Å²) in [5.41, 5.74) is 0. The number of carbonyl (C=O) groups excluding carboxylic acids is 1. The smallest absolute Gasteiger partial charge is 0.382 e. The van der Waals surface area contributed by atoms with E-state index in [1.165, 1.54) is 0 Å². The van der Waals surface area contributed by atoms with Crippen LogP contribution in [-0.4, -0.2) is 52.4 Å². The van der Waals surface area contributed by atoms with E-state index in [0.29, 0.717) is 0 Å². The predicted octanol–water partition coefficient (Wildman–Crippen LogP) is 3.74. The largest absolute Gasteiger partial charge is 0.515 e. The number of nitrogens with zero attached hydrogens (tertiary/aromatic N) is 1. The lowest BCUT2D eigenvalue weighted by molar-refractivity contribution is 0.0502. The summed E-state index contributed by atoms with van der Waals surface area (Å²) in [6.45, 7) is 4.02. The van der Waals surface area contributed by atoms with Gasteiger partial charge in [-0.15, -0.1) is 0 Å². The Hall–Kier alpha value is 0.930. The Morgan fingerprint density at radius 3 is 1.58 bits per heavy atom. The molecule has 1 heterocycles. The van der Waals surface area contributed by atoms with Gasteiger partial charge in [0.1, 0.15) is 0 Å². The van der Waals surface area contributed by atoms with Crippen molar-refractivity contribution < 1.29 is 19.0 Å². The van der Waals surface area contributed by atoms with Crippen molar-refractivity contribution >= 4 is 75.8 Å². The van der Waals surface area contributed by atoms with Crippen LogP contribution in [0.3, 0.4) is 0 Å². The number of likely N-dealkylation sites (N-methyl/N-ethyl adjacent to an activating group) is 1. The number of hydrogen-bond acceptors (Lipinski definition) is 5. The van der Waals surface area contributed by atoms with E-state index < -0.39 is 14.1 Å². The molecule has 0 N–H and O–H groups in total. The maximum Gasteiger partial charge on any atom is 0.515 e. The topological polar surface area (TPSA) is 48.0 Å². The van der Waals surface area contributed by atoms with Gasteiger partial charge in [-0.1, -0.05) is 0 Å². The third kappa shape index (κ3) is 15.1. The number of hydrogen-bond donors (Lipinski definition) is 0. The molecule has 0 unspecified atom stereocenters. The highest BCUT2D eigenvalue weighted by Gasteiger charge is 2.32. The Morgan fingerprint density at radius 1 is 1.00 bits per heavy atom. The highest BCUT2D eigenvalue weighted by atomic mass is 35.6. The van der Waals surface area contributed by atoms with Crippen LogP contribution in [0.15, 0.2) is 0 Å². The number of halogens is 6. The molecule has 11 heteroatoms. The highest BCUT2D eigenvalue weighted by Crippen LogP contribution is 2.32. The van der Waals surface area contributed by atoms with Crippen molar-refractivity contribution in [2.75, 3.05) is 33.4 Å². The zero-order chi connectivity index (χ0) is 15.1. The highest BCUT2D eigenvalue weighted by molar-refractivity contribution is 6.67. The zero-order valence-electron chi connectivity index (χ0n) is 9.68. The third-order valence-electron chi connectivity index (χ3n) is 1.63. The van der Waals surface area contributed by atoms with Crippen LogP contribution in [0.2, 0.25) is 0 Å². The predicted molar refractivity (Wildman–Crippen MR) is 76.5 cm³/mol. The molecule has 0 radical (unpaired) electrons. The summed E-state index contributed by atoms with van der Waals surface area (Å²) < 4.78 is 8.60. The monoisotopic (exact) mass is 395 g/mol. The van der Waals surface area contributed by atoms with E-state index in [-0.39, 0.29) is 0 Å². The van der Waals surface area contributed by atoms with Crippen LogP contribution >= 0.6 is 69.6 Å². The molecule has 0 atom stereocenters. The second kappa shape index (κ2) is 9.05. The van der Waals surface area contributed by atoms with E-state index >= 15 is 0 Å². The van der Waals surface area contributed by atoms with Crippen molar-refractivity contribution in [2.45, 2.75) is 7.96 Å². The fraction of sp³-hybridized carbons (Fsp3) is 0.875. The first-order chi connectivity index (χ1) is 8.49. The molecule has 0 bridgehead atoms. The fourth-order valence-corrected chi connectivity index (χ4v) is 1.24. The molecule has 114 valence electrons. The summed E-state index contributed by atoms with van der Waals surface area (Å²) in [4.78, 5) is 12.8. The van der Waals surface area contributed by atoms with Gasteiger partial charge in [0.2, 0.25) is 0 Å². The lowest BCUT2D eigenvalue weighted by Crippen LogP contribution is -2.32. The van der Waals surface area contributed by atoms with Gasteiger partial charge < -0.3 is 19.1 Å². The van der Waals surface area contributed by atoms with Crippen LogP contribution in [0.4, 0.5) is 4.79 Å². The summed E-state index contributed by atoms with van der Waals surface area (Å²) in [6, 6.07) is 0. The molecule has 1 rings (SSSR count). The second-order valence-electron chi connectivity index (χ2n) is 3.26. The number of alkyl halides is 6. The molecular weight excluding hydrogens is 387 g/mol. The Labute approximate surface area is 140 Å². The average Bonchev–Trinajstić information content (AvgIpc) is 2.13. The second-order valence-corrected chi connectivity index (χ2v) is 7.62. The number of carbonyl (C=O) groups is 1. The van der Waals surface area contributed by atoms with Crippen molar-refractivity contribution in [3.8, 4) is 0 Å².